The summed E-state index contributed by atoms with van der Waals surface area (Å²) in [4.78, 5) is 12.3. The van der Waals surface area contributed by atoms with Gasteiger partial charge in [-0.3, -0.25) is 0 Å². The third-order valence-corrected chi connectivity index (χ3v) is 2.06. The first-order chi connectivity index (χ1) is 10.0. The molecule has 1 rings (SSSR count). The summed E-state index contributed by atoms with van der Waals surface area (Å²) >= 11 is 0. The van der Waals surface area contributed by atoms with Crippen LogP contribution in [0.25, 0.3) is 0 Å². The first-order valence-electron chi connectivity index (χ1n) is 6.77. The lowest BCUT2D eigenvalue weighted by Crippen LogP contribution is -2.17. The van der Waals surface area contributed by atoms with Crippen molar-refractivity contribution in [3.8, 4) is 6.01 Å². The maximum Gasteiger partial charge on any atom is 0.323 e. The Kier molecular flexibility index (Phi) is 7.59. The number of hydrogen-bond acceptors (Lipinski definition) is 7. The zero-order valence-corrected chi connectivity index (χ0v) is 12.4. The van der Waals surface area contributed by atoms with Gasteiger partial charge in [-0.15, -0.1) is 0 Å². The summed E-state index contributed by atoms with van der Waals surface area (Å²) in [6.07, 6.45) is -2.53. The monoisotopic (exact) mass is 305 g/mol. The van der Waals surface area contributed by atoms with Gasteiger partial charge < -0.3 is 20.1 Å². The van der Waals surface area contributed by atoms with E-state index in [1.165, 1.54) is 0 Å². The molecule has 1 heterocycles. The number of rotatable bonds is 10. The van der Waals surface area contributed by atoms with Gasteiger partial charge in [0.2, 0.25) is 11.9 Å². The molecule has 120 valence electrons. The van der Waals surface area contributed by atoms with Crippen LogP contribution in [0.15, 0.2) is 0 Å². The molecule has 0 bridgehead atoms. The second kappa shape index (κ2) is 9.22. The lowest BCUT2D eigenvalue weighted by atomic mass is 10.5. The molecule has 0 saturated carbocycles. The maximum atomic E-state index is 11.9. The van der Waals surface area contributed by atoms with E-state index in [-0.39, 0.29) is 18.7 Å². The van der Waals surface area contributed by atoms with Gasteiger partial charge in [-0.05, 0) is 20.8 Å². The largest absolute Gasteiger partial charge is 0.461 e. The lowest BCUT2D eigenvalue weighted by Gasteiger charge is -2.11. The minimum absolute atomic E-state index is 0.0656. The van der Waals surface area contributed by atoms with Crippen LogP contribution in [-0.4, -0.2) is 53.8 Å². The van der Waals surface area contributed by atoms with Crippen molar-refractivity contribution >= 4 is 11.9 Å². The highest BCUT2D eigenvalue weighted by atomic mass is 19.3. The minimum atomic E-state index is -2.46. The number of halogens is 2. The first kappa shape index (κ1) is 17.3. The number of aromatic nitrogens is 3. The van der Waals surface area contributed by atoms with Crippen molar-refractivity contribution in [3.63, 3.8) is 0 Å². The molecule has 0 fully saturated rings. The summed E-state index contributed by atoms with van der Waals surface area (Å²) in [7, 11) is 0. The van der Waals surface area contributed by atoms with Gasteiger partial charge in [0.1, 0.15) is 6.61 Å². The van der Waals surface area contributed by atoms with Crippen molar-refractivity contribution < 1.29 is 18.3 Å². The summed E-state index contributed by atoms with van der Waals surface area (Å²) in [6, 6.07) is 0.201. The van der Waals surface area contributed by atoms with Crippen LogP contribution in [0, 0.1) is 0 Å². The third-order valence-electron chi connectivity index (χ3n) is 2.06. The first-order valence-corrected chi connectivity index (χ1v) is 6.77. The highest BCUT2D eigenvalue weighted by Crippen LogP contribution is 2.12. The van der Waals surface area contributed by atoms with Gasteiger partial charge in [0.15, 0.2) is 0 Å². The Hall–Kier alpha value is -1.77. The van der Waals surface area contributed by atoms with E-state index in [4.69, 9.17) is 9.47 Å². The predicted molar refractivity (Wildman–Crippen MR) is 75.1 cm³/mol. The Balaban J connectivity index is 2.56. The minimum Gasteiger partial charge on any atom is -0.461 e. The van der Waals surface area contributed by atoms with E-state index in [0.717, 1.165) is 0 Å². The molecule has 0 radical (unpaired) electrons. The summed E-state index contributed by atoms with van der Waals surface area (Å²) in [5.41, 5.74) is 0. The molecule has 0 saturated heterocycles. The van der Waals surface area contributed by atoms with Crippen LogP contribution in [0.3, 0.4) is 0 Å². The average molecular weight is 305 g/mol. The molecule has 0 aliphatic rings. The number of ether oxygens (including phenoxy) is 2. The standard InChI is InChI=1S/C12H21F2N5O2/c1-4-15-10-17-11(16-5-6-20-7-9(13)14)19-12(18-10)21-8(2)3/h8-9H,4-7H2,1-3H3,(H2,15,16,17,18,19). The molecule has 9 heteroatoms. The van der Waals surface area contributed by atoms with Crippen LogP contribution in [0.4, 0.5) is 20.7 Å². The van der Waals surface area contributed by atoms with E-state index in [2.05, 4.69) is 25.6 Å². The quantitative estimate of drug-likeness (QED) is 0.638. The molecule has 21 heavy (non-hydrogen) atoms. The van der Waals surface area contributed by atoms with Crippen LogP contribution in [-0.2, 0) is 4.74 Å². The Labute approximate surface area is 122 Å². The Morgan fingerprint density at radius 3 is 2.33 bits per heavy atom. The zero-order chi connectivity index (χ0) is 15.7. The fraction of sp³-hybridized carbons (Fsp3) is 0.750. The van der Waals surface area contributed by atoms with Gasteiger partial charge in [0, 0.05) is 13.1 Å². The fourth-order valence-electron chi connectivity index (χ4n) is 1.34. The van der Waals surface area contributed by atoms with E-state index in [0.29, 0.717) is 25.0 Å². The fourth-order valence-corrected chi connectivity index (χ4v) is 1.34. The Morgan fingerprint density at radius 2 is 1.76 bits per heavy atom. The molecule has 1 aromatic rings. The molecular weight excluding hydrogens is 284 g/mol. The summed E-state index contributed by atoms with van der Waals surface area (Å²) < 4.78 is 34.0. The van der Waals surface area contributed by atoms with Crippen molar-refractivity contribution in [3.05, 3.63) is 0 Å². The predicted octanol–water partition coefficient (Wildman–Crippen LogP) is 1.78. The summed E-state index contributed by atoms with van der Waals surface area (Å²) in [5.74, 6) is 0.691. The van der Waals surface area contributed by atoms with Gasteiger partial charge in [0.25, 0.3) is 6.43 Å². The SMILES string of the molecule is CCNc1nc(NCCOCC(F)F)nc(OC(C)C)n1. The van der Waals surface area contributed by atoms with Crippen LogP contribution in [0.5, 0.6) is 6.01 Å². The Morgan fingerprint density at radius 1 is 1.10 bits per heavy atom. The molecule has 0 spiro atoms. The lowest BCUT2D eigenvalue weighted by molar-refractivity contribution is 0.0214. The van der Waals surface area contributed by atoms with Crippen LogP contribution < -0.4 is 15.4 Å². The number of alkyl halides is 2. The van der Waals surface area contributed by atoms with Gasteiger partial charge in [-0.25, -0.2) is 8.78 Å². The summed E-state index contributed by atoms with van der Waals surface area (Å²) in [5, 5.41) is 5.84. The average Bonchev–Trinajstić information content (AvgIpc) is 2.37. The normalized spacial score (nSPS) is 11.0. The zero-order valence-electron chi connectivity index (χ0n) is 12.4. The van der Waals surface area contributed by atoms with E-state index < -0.39 is 13.0 Å². The molecule has 0 aliphatic carbocycles. The van der Waals surface area contributed by atoms with Crippen molar-refractivity contribution in [1.29, 1.82) is 0 Å². The van der Waals surface area contributed by atoms with E-state index in [1.54, 1.807) is 0 Å². The molecule has 0 atom stereocenters. The molecule has 0 aliphatic heterocycles. The maximum absolute atomic E-state index is 11.9. The van der Waals surface area contributed by atoms with Crippen LogP contribution in [0.1, 0.15) is 20.8 Å². The van der Waals surface area contributed by atoms with Crippen molar-refractivity contribution in [1.82, 2.24) is 15.0 Å². The van der Waals surface area contributed by atoms with Crippen molar-refractivity contribution in [2.24, 2.45) is 0 Å². The molecular formula is C12H21F2N5O2. The topological polar surface area (TPSA) is 81.2 Å². The third kappa shape index (κ3) is 7.54. The van der Waals surface area contributed by atoms with Crippen LogP contribution in [0.2, 0.25) is 0 Å². The number of nitrogens with zero attached hydrogens (tertiary/aromatic N) is 3. The van der Waals surface area contributed by atoms with E-state index in [9.17, 15) is 8.78 Å². The van der Waals surface area contributed by atoms with Crippen molar-refractivity contribution in [2.45, 2.75) is 33.3 Å². The van der Waals surface area contributed by atoms with E-state index >= 15 is 0 Å². The van der Waals surface area contributed by atoms with Crippen molar-refractivity contribution in [2.75, 3.05) is 36.9 Å². The van der Waals surface area contributed by atoms with Gasteiger partial charge >= 0.3 is 6.01 Å². The molecule has 2 N–H and O–H groups in total. The molecule has 0 unspecified atom stereocenters. The molecule has 0 amide bonds. The molecule has 1 aromatic heterocycles. The smallest absolute Gasteiger partial charge is 0.323 e. The Bertz CT molecular complexity index is 421. The highest BCUT2D eigenvalue weighted by Gasteiger charge is 2.08. The number of anilines is 2. The molecule has 7 nitrogen and oxygen atoms in total. The number of nitrogens with one attached hydrogen (secondary N) is 2. The van der Waals surface area contributed by atoms with Gasteiger partial charge in [-0.1, -0.05) is 0 Å². The molecule has 0 aromatic carbocycles. The summed E-state index contributed by atoms with van der Waals surface area (Å²) in [6.45, 7) is 6.16. The highest BCUT2D eigenvalue weighted by molar-refractivity contribution is 5.35. The van der Waals surface area contributed by atoms with Crippen LogP contribution >= 0.6 is 0 Å². The van der Waals surface area contributed by atoms with E-state index in [1.807, 2.05) is 20.8 Å². The van der Waals surface area contributed by atoms with Gasteiger partial charge in [0.05, 0.1) is 12.7 Å². The second-order valence-electron chi connectivity index (χ2n) is 4.35. The second-order valence-corrected chi connectivity index (χ2v) is 4.35. The van der Waals surface area contributed by atoms with Gasteiger partial charge in [-0.2, -0.15) is 15.0 Å². The number of hydrogen-bond donors (Lipinski definition) is 2.